The first kappa shape index (κ1) is 15.0. The molecule has 4 N–H and O–H groups in total. The topological polar surface area (TPSA) is 96.7 Å². The number of hydrogen-bond acceptors (Lipinski definition) is 4. The summed E-state index contributed by atoms with van der Waals surface area (Å²) in [5.74, 6) is -0.775. The van der Waals surface area contributed by atoms with Gasteiger partial charge in [0.1, 0.15) is 11.9 Å². The number of amides is 3. The lowest BCUT2D eigenvalue weighted by Crippen LogP contribution is -2.49. The van der Waals surface area contributed by atoms with Crippen LogP contribution in [-0.2, 0) is 9.53 Å². The third-order valence-electron chi connectivity index (χ3n) is 3.36. The fourth-order valence-electron chi connectivity index (χ4n) is 2.21. The Labute approximate surface area is 121 Å². The maximum atomic E-state index is 12.8. The normalized spacial score (nSPS) is 21.1. The largest absolute Gasteiger partial charge is 0.380 e. The molecule has 0 radical (unpaired) electrons. The summed E-state index contributed by atoms with van der Waals surface area (Å²) in [6, 6.07) is 4.13. The Balaban J connectivity index is 1.95. The highest BCUT2D eigenvalue weighted by Crippen LogP contribution is 2.20. The summed E-state index contributed by atoms with van der Waals surface area (Å²) in [6.07, 6.45) is 0.148. The van der Waals surface area contributed by atoms with Crippen LogP contribution in [0.4, 0.5) is 14.9 Å². The van der Waals surface area contributed by atoms with Crippen LogP contribution in [-0.4, -0.2) is 42.6 Å². The number of anilines is 1. The predicted molar refractivity (Wildman–Crippen MR) is 73.7 cm³/mol. The van der Waals surface area contributed by atoms with Gasteiger partial charge >= 0.3 is 6.03 Å². The van der Waals surface area contributed by atoms with Crippen LogP contribution in [0.25, 0.3) is 0 Å². The van der Waals surface area contributed by atoms with E-state index in [1.807, 2.05) is 0 Å². The van der Waals surface area contributed by atoms with E-state index in [2.05, 4.69) is 10.9 Å². The Morgan fingerprint density at radius 2 is 2.05 bits per heavy atom. The van der Waals surface area contributed by atoms with Crippen LogP contribution in [0.2, 0.25) is 0 Å². The van der Waals surface area contributed by atoms with E-state index in [9.17, 15) is 14.0 Å². The van der Waals surface area contributed by atoms with Gasteiger partial charge in [0.25, 0.3) is 5.91 Å². The molecule has 0 aromatic heterocycles. The number of hydrazine groups is 1. The van der Waals surface area contributed by atoms with E-state index in [4.69, 9.17) is 10.5 Å². The van der Waals surface area contributed by atoms with Crippen LogP contribution in [0.15, 0.2) is 24.3 Å². The Hall–Kier alpha value is -2.35. The molecule has 1 saturated heterocycles. The highest BCUT2D eigenvalue weighted by atomic mass is 19.1. The summed E-state index contributed by atoms with van der Waals surface area (Å²) >= 11 is 0. The van der Waals surface area contributed by atoms with E-state index in [0.717, 1.165) is 0 Å². The molecule has 114 valence electrons. The van der Waals surface area contributed by atoms with Gasteiger partial charge in [-0.3, -0.25) is 15.6 Å². The molecule has 2 unspecified atom stereocenters. The van der Waals surface area contributed by atoms with Crippen LogP contribution >= 0.6 is 0 Å². The standard InChI is InChI=1S/C13H17FN4O3/c1-21-10-6-11(18(7-10)13(15)20)12(19)17-16-9-4-2-8(14)3-5-9/h2-5,10-11,16H,6-7H2,1H3,(H2,15,20)(H,17,19). The summed E-state index contributed by atoms with van der Waals surface area (Å²) < 4.78 is 17.9. The van der Waals surface area contributed by atoms with Gasteiger partial charge in [-0.05, 0) is 24.3 Å². The van der Waals surface area contributed by atoms with Crippen molar-refractivity contribution in [1.82, 2.24) is 10.3 Å². The van der Waals surface area contributed by atoms with Gasteiger partial charge in [0.2, 0.25) is 0 Å². The van der Waals surface area contributed by atoms with E-state index in [1.54, 1.807) is 0 Å². The van der Waals surface area contributed by atoms with E-state index >= 15 is 0 Å². The lowest BCUT2D eigenvalue weighted by molar-refractivity contribution is -0.124. The molecule has 2 atom stereocenters. The quantitative estimate of drug-likeness (QED) is 0.702. The van der Waals surface area contributed by atoms with Crippen molar-refractivity contribution in [3.8, 4) is 0 Å². The molecule has 0 aliphatic carbocycles. The Bertz CT molecular complexity index is 523. The lowest BCUT2D eigenvalue weighted by atomic mass is 10.2. The van der Waals surface area contributed by atoms with Crippen molar-refractivity contribution in [3.05, 3.63) is 30.1 Å². The number of primary amides is 1. The molecule has 0 saturated carbocycles. The number of nitrogens with zero attached hydrogens (tertiary/aromatic N) is 1. The summed E-state index contributed by atoms with van der Waals surface area (Å²) in [4.78, 5) is 24.7. The van der Waals surface area contributed by atoms with Crippen LogP contribution in [0.1, 0.15) is 6.42 Å². The van der Waals surface area contributed by atoms with Gasteiger partial charge < -0.3 is 15.4 Å². The number of nitrogens with two attached hydrogens (primary N) is 1. The van der Waals surface area contributed by atoms with Gasteiger partial charge in [-0.15, -0.1) is 0 Å². The third-order valence-corrected chi connectivity index (χ3v) is 3.36. The number of likely N-dealkylation sites (tertiary alicyclic amines) is 1. The minimum absolute atomic E-state index is 0.223. The number of hydrogen-bond donors (Lipinski definition) is 3. The highest BCUT2D eigenvalue weighted by Gasteiger charge is 2.38. The van der Waals surface area contributed by atoms with Gasteiger partial charge in [0.15, 0.2) is 0 Å². The van der Waals surface area contributed by atoms with Gasteiger partial charge in [-0.2, -0.15) is 0 Å². The van der Waals surface area contributed by atoms with E-state index in [1.165, 1.54) is 36.3 Å². The first-order valence-electron chi connectivity index (χ1n) is 6.41. The fraction of sp³-hybridized carbons (Fsp3) is 0.385. The number of halogens is 1. The van der Waals surface area contributed by atoms with Crippen molar-refractivity contribution in [2.45, 2.75) is 18.6 Å². The molecule has 0 spiro atoms. The van der Waals surface area contributed by atoms with Crippen molar-refractivity contribution < 1.29 is 18.7 Å². The second-order valence-electron chi connectivity index (χ2n) is 4.72. The molecule has 7 nitrogen and oxygen atoms in total. The summed E-state index contributed by atoms with van der Waals surface area (Å²) in [5, 5.41) is 0. The SMILES string of the molecule is COC1CC(C(=O)NNc2ccc(F)cc2)N(C(N)=O)C1. The maximum Gasteiger partial charge on any atom is 0.315 e. The molecule has 1 heterocycles. The van der Waals surface area contributed by atoms with Gasteiger partial charge in [-0.1, -0.05) is 0 Å². The van der Waals surface area contributed by atoms with E-state index in [0.29, 0.717) is 12.1 Å². The molecule has 1 aromatic rings. The zero-order chi connectivity index (χ0) is 15.4. The van der Waals surface area contributed by atoms with Crippen molar-refractivity contribution in [2.24, 2.45) is 5.73 Å². The molecule has 1 aromatic carbocycles. The second-order valence-corrected chi connectivity index (χ2v) is 4.72. The van der Waals surface area contributed by atoms with Crippen molar-refractivity contribution in [3.63, 3.8) is 0 Å². The summed E-state index contributed by atoms with van der Waals surface area (Å²) in [6.45, 7) is 0.278. The number of methoxy groups -OCH3 is 1. The number of urea groups is 1. The predicted octanol–water partition coefficient (Wildman–Crippen LogP) is 0.437. The minimum Gasteiger partial charge on any atom is -0.380 e. The molecule has 1 aliphatic heterocycles. The minimum atomic E-state index is -0.694. The van der Waals surface area contributed by atoms with Gasteiger partial charge in [0.05, 0.1) is 11.8 Å². The average molecular weight is 296 g/mol. The zero-order valence-electron chi connectivity index (χ0n) is 11.5. The van der Waals surface area contributed by atoms with Crippen LogP contribution in [0.5, 0.6) is 0 Å². The monoisotopic (exact) mass is 296 g/mol. The molecule has 2 rings (SSSR count). The van der Waals surface area contributed by atoms with Crippen molar-refractivity contribution in [2.75, 3.05) is 19.1 Å². The molecule has 1 fully saturated rings. The first-order valence-corrected chi connectivity index (χ1v) is 6.41. The molecular formula is C13H17FN4O3. The fourth-order valence-corrected chi connectivity index (χ4v) is 2.21. The molecule has 3 amide bonds. The van der Waals surface area contributed by atoms with E-state index < -0.39 is 18.0 Å². The summed E-state index contributed by atoms with van der Waals surface area (Å²) in [7, 11) is 1.51. The lowest BCUT2D eigenvalue weighted by Gasteiger charge is -2.21. The third kappa shape index (κ3) is 3.60. The number of benzene rings is 1. The first-order chi connectivity index (χ1) is 10.0. The number of ether oxygens (including phenoxy) is 1. The van der Waals surface area contributed by atoms with Crippen LogP contribution < -0.4 is 16.6 Å². The van der Waals surface area contributed by atoms with Crippen molar-refractivity contribution in [1.29, 1.82) is 0 Å². The Kier molecular flexibility index (Phi) is 4.59. The average Bonchev–Trinajstić information content (AvgIpc) is 2.91. The maximum absolute atomic E-state index is 12.8. The number of rotatable bonds is 4. The zero-order valence-corrected chi connectivity index (χ0v) is 11.5. The van der Waals surface area contributed by atoms with Gasteiger partial charge in [0, 0.05) is 20.1 Å². The Morgan fingerprint density at radius 1 is 1.38 bits per heavy atom. The molecule has 21 heavy (non-hydrogen) atoms. The number of carbonyl (C=O) groups is 2. The van der Waals surface area contributed by atoms with E-state index in [-0.39, 0.29) is 18.5 Å². The van der Waals surface area contributed by atoms with Crippen LogP contribution in [0, 0.1) is 5.82 Å². The van der Waals surface area contributed by atoms with Crippen molar-refractivity contribution >= 4 is 17.6 Å². The highest BCUT2D eigenvalue weighted by molar-refractivity contribution is 5.88. The molecule has 0 bridgehead atoms. The van der Waals surface area contributed by atoms with Gasteiger partial charge in [-0.25, -0.2) is 9.18 Å². The molecular weight excluding hydrogens is 279 g/mol. The smallest absolute Gasteiger partial charge is 0.315 e. The number of nitrogens with one attached hydrogen (secondary N) is 2. The number of carbonyl (C=O) groups excluding carboxylic acids is 2. The Morgan fingerprint density at radius 3 is 2.62 bits per heavy atom. The molecule has 1 aliphatic rings. The molecule has 8 heteroatoms. The second kappa shape index (κ2) is 6.40. The van der Waals surface area contributed by atoms with Crippen LogP contribution in [0.3, 0.4) is 0 Å². The summed E-state index contributed by atoms with van der Waals surface area (Å²) in [5.41, 5.74) is 10.9.